The van der Waals surface area contributed by atoms with Gasteiger partial charge >= 0.3 is 6.09 Å². The molecule has 1 aromatic carbocycles. The number of ether oxygens (including phenoxy) is 1. The number of benzene rings is 1. The third kappa shape index (κ3) is 6.14. The molecule has 2 amide bonds. The zero-order chi connectivity index (χ0) is 25.2. The fourth-order valence-corrected chi connectivity index (χ4v) is 4.95. The van der Waals surface area contributed by atoms with Crippen molar-refractivity contribution in [1.29, 1.82) is 0 Å². The molecule has 0 saturated carbocycles. The molecule has 0 radical (unpaired) electrons. The first kappa shape index (κ1) is 25.0. The van der Waals surface area contributed by atoms with Gasteiger partial charge in [-0.1, -0.05) is 41.1 Å². The number of halogens is 1. The van der Waals surface area contributed by atoms with Crippen molar-refractivity contribution in [3.63, 3.8) is 0 Å². The molecule has 0 unspecified atom stereocenters. The molecule has 0 atom stereocenters. The second-order valence-electron chi connectivity index (χ2n) is 9.28. The van der Waals surface area contributed by atoms with E-state index in [1.807, 2.05) is 30.3 Å². The van der Waals surface area contributed by atoms with Crippen LogP contribution in [0.25, 0.3) is 5.57 Å². The van der Waals surface area contributed by atoms with Gasteiger partial charge in [-0.05, 0) is 79.9 Å². The molecule has 4 N–H and O–H groups in total. The Labute approximate surface area is 214 Å². The number of carbonyl (C=O) groups excluding carboxylic acids is 2. The average Bonchev–Trinajstić information content (AvgIpc) is 3.12. The number of amides is 2. The lowest BCUT2D eigenvalue weighted by atomic mass is 9.87. The van der Waals surface area contributed by atoms with E-state index in [1.165, 1.54) is 16.7 Å². The molecule has 0 saturated heterocycles. The van der Waals surface area contributed by atoms with Crippen molar-refractivity contribution >= 4 is 46.2 Å². The van der Waals surface area contributed by atoms with Crippen molar-refractivity contribution in [3.05, 3.63) is 75.3 Å². The van der Waals surface area contributed by atoms with Gasteiger partial charge in [-0.2, -0.15) is 0 Å². The van der Waals surface area contributed by atoms with Gasteiger partial charge < -0.3 is 26.0 Å². The van der Waals surface area contributed by atoms with E-state index >= 15 is 0 Å². The third-order valence-corrected chi connectivity index (χ3v) is 7.16. The maximum atomic E-state index is 13.1. The van der Waals surface area contributed by atoms with Gasteiger partial charge in [0.1, 0.15) is 5.54 Å². The van der Waals surface area contributed by atoms with Crippen LogP contribution in [0.1, 0.15) is 32.3 Å². The van der Waals surface area contributed by atoms with E-state index in [2.05, 4.69) is 28.7 Å². The van der Waals surface area contributed by atoms with Crippen LogP contribution in [-0.4, -0.2) is 42.6 Å². The summed E-state index contributed by atoms with van der Waals surface area (Å²) in [6.07, 6.45) is 4.85. The summed E-state index contributed by atoms with van der Waals surface area (Å²) in [5, 5.41) is 5.99. The number of nitrogen functional groups attached to an aromatic ring is 1. The minimum absolute atomic E-state index is 0.331. The lowest BCUT2D eigenvalue weighted by Crippen LogP contribution is -2.55. The number of anilines is 1. The van der Waals surface area contributed by atoms with Crippen LogP contribution in [0.4, 0.5) is 10.5 Å². The molecule has 0 fully saturated rings. The van der Waals surface area contributed by atoms with E-state index in [1.54, 1.807) is 26.0 Å². The average molecular weight is 513 g/mol. The summed E-state index contributed by atoms with van der Waals surface area (Å²) in [6.45, 7) is 5.03. The predicted molar refractivity (Wildman–Crippen MR) is 141 cm³/mol. The maximum absolute atomic E-state index is 13.1. The van der Waals surface area contributed by atoms with E-state index in [-0.39, 0.29) is 5.91 Å². The monoisotopic (exact) mass is 512 g/mol. The first-order valence-corrected chi connectivity index (χ1v) is 12.5. The first-order chi connectivity index (χ1) is 16.6. The van der Waals surface area contributed by atoms with Crippen molar-refractivity contribution in [2.24, 2.45) is 0 Å². The van der Waals surface area contributed by atoms with Crippen molar-refractivity contribution in [2.75, 3.05) is 25.9 Å². The van der Waals surface area contributed by atoms with E-state index < -0.39 is 11.6 Å². The second kappa shape index (κ2) is 10.3. The Bertz CT molecular complexity index is 1230. The van der Waals surface area contributed by atoms with Crippen molar-refractivity contribution in [1.82, 2.24) is 15.5 Å². The number of hydrogen-bond donors (Lipinski definition) is 3. The van der Waals surface area contributed by atoms with Crippen molar-refractivity contribution in [3.8, 4) is 5.06 Å². The summed E-state index contributed by atoms with van der Waals surface area (Å²) in [5.41, 5.74) is 11.1. The van der Waals surface area contributed by atoms with Crippen LogP contribution in [0, 0.1) is 0 Å². The van der Waals surface area contributed by atoms with Gasteiger partial charge in [0.05, 0.1) is 4.34 Å². The van der Waals surface area contributed by atoms with E-state index in [9.17, 15) is 9.59 Å². The Morgan fingerprint density at radius 2 is 1.86 bits per heavy atom. The molecule has 7 nitrogen and oxygen atoms in total. The largest absolute Gasteiger partial charge is 0.414 e. The molecule has 0 bridgehead atoms. The van der Waals surface area contributed by atoms with Gasteiger partial charge in [-0.3, -0.25) is 4.79 Å². The van der Waals surface area contributed by atoms with Crippen LogP contribution < -0.4 is 21.1 Å². The number of thiophene rings is 1. The zero-order valence-electron chi connectivity index (χ0n) is 20.0. The molecule has 184 valence electrons. The Kier molecular flexibility index (Phi) is 7.35. The number of nitrogens with zero attached hydrogens (tertiary/aromatic N) is 1. The molecule has 2 heterocycles. The quantitative estimate of drug-likeness (QED) is 0.491. The standard InChI is InChI=1S/C26H29ClN4O3S/c1-26(2,30-25(33)34-23-11-10-22(27)35-23)24(32)29-19-9-6-17-12-13-31(3)15-21(20(17)14-19)16-4-7-18(28)8-5-16/h4-11H,12-15,28H2,1-3H3,(H,29,32)(H,30,33). The second-order valence-corrected chi connectivity index (χ2v) is 11.0. The summed E-state index contributed by atoms with van der Waals surface area (Å²) < 4.78 is 5.75. The topological polar surface area (TPSA) is 96.7 Å². The summed E-state index contributed by atoms with van der Waals surface area (Å²) in [6, 6.07) is 11.2. The Balaban J connectivity index is 1.49. The van der Waals surface area contributed by atoms with E-state index in [4.69, 9.17) is 22.1 Å². The fourth-order valence-electron chi connectivity index (χ4n) is 4.07. The number of allylic oxidation sites excluding steroid dienone is 3. The maximum Gasteiger partial charge on any atom is 0.414 e. The van der Waals surface area contributed by atoms with Gasteiger partial charge in [0, 0.05) is 30.9 Å². The molecular formula is C26H29ClN4O3S. The van der Waals surface area contributed by atoms with E-state index in [0.29, 0.717) is 15.8 Å². The number of fused-ring (bicyclic) bond motifs is 1. The summed E-state index contributed by atoms with van der Waals surface area (Å²) >= 11 is 7.02. The number of hydrogen-bond acceptors (Lipinski definition) is 6. The predicted octanol–water partition coefficient (Wildman–Crippen LogP) is 4.97. The number of carbonyl (C=O) groups is 2. The van der Waals surface area contributed by atoms with Crippen molar-refractivity contribution in [2.45, 2.75) is 32.2 Å². The van der Waals surface area contributed by atoms with E-state index in [0.717, 1.165) is 47.8 Å². The highest BCUT2D eigenvalue weighted by atomic mass is 35.5. The Hall–Kier alpha value is -3.07. The first-order valence-electron chi connectivity index (χ1n) is 11.3. The van der Waals surface area contributed by atoms with Gasteiger partial charge in [0.2, 0.25) is 5.91 Å². The molecule has 35 heavy (non-hydrogen) atoms. The SMILES string of the molecule is CN1CCC2=CC=C(NC(=O)C(C)(C)NC(=O)Oc3ccc(Cl)s3)CC2=C(c2ccc(N)cc2)C1. The number of nitrogens with two attached hydrogens (primary N) is 1. The highest BCUT2D eigenvalue weighted by Crippen LogP contribution is 2.36. The lowest BCUT2D eigenvalue weighted by Gasteiger charge is -2.27. The third-order valence-electron chi connectivity index (χ3n) is 6.05. The molecule has 9 heteroatoms. The summed E-state index contributed by atoms with van der Waals surface area (Å²) in [4.78, 5) is 27.7. The molecule has 1 aromatic heterocycles. The Morgan fingerprint density at radius 1 is 1.11 bits per heavy atom. The Morgan fingerprint density at radius 3 is 2.54 bits per heavy atom. The van der Waals surface area contributed by atoms with Crippen LogP contribution in [-0.2, 0) is 4.79 Å². The van der Waals surface area contributed by atoms with Crippen LogP contribution in [0.2, 0.25) is 4.34 Å². The van der Waals surface area contributed by atoms with Gasteiger partial charge in [0.15, 0.2) is 5.06 Å². The number of likely N-dealkylation sites (N-methyl/N-ethyl adjacent to an activating group) is 1. The number of rotatable bonds is 5. The van der Waals surface area contributed by atoms with Crippen LogP contribution in [0.3, 0.4) is 0 Å². The highest BCUT2D eigenvalue weighted by Gasteiger charge is 2.32. The van der Waals surface area contributed by atoms with Crippen molar-refractivity contribution < 1.29 is 14.3 Å². The molecule has 1 aliphatic heterocycles. The normalized spacial score (nSPS) is 16.6. The van der Waals surface area contributed by atoms with Gasteiger partial charge in [0.25, 0.3) is 0 Å². The molecule has 0 spiro atoms. The zero-order valence-corrected chi connectivity index (χ0v) is 21.6. The molecule has 4 rings (SSSR count). The smallest absolute Gasteiger partial charge is 0.399 e. The van der Waals surface area contributed by atoms with Crippen LogP contribution in [0.15, 0.2) is 65.4 Å². The minimum Gasteiger partial charge on any atom is -0.399 e. The highest BCUT2D eigenvalue weighted by molar-refractivity contribution is 7.17. The van der Waals surface area contributed by atoms with Gasteiger partial charge in [-0.25, -0.2) is 4.79 Å². The lowest BCUT2D eigenvalue weighted by molar-refractivity contribution is -0.125. The van der Waals surface area contributed by atoms with Crippen LogP contribution in [0.5, 0.6) is 5.06 Å². The summed E-state index contributed by atoms with van der Waals surface area (Å²) in [5.74, 6) is -0.331. The molecule has 2 aliphatic rings. The van der Waals surface area contributed by atoms with Gasteiger partial charge in [-0.15, -0.1) is 0 Å². The summed E-state index contributed by atoms with van der Waals surface area (Å²) in [7, 11) is 2.11. The van der Waals surface area contributed by atoms with Crippen LogP contribution >= 0.6 is 22.9 Å². The number of nitrogens with one attached hydrogen (secondary N) is 2. The minimum atomic E-state index is -1.19. The fraction of sp³-hybridized carbons (Fsp3) is 0.308. The molecule has 2 aromatic rings. The molecule has 1 aliphatic carbocycles. The molecular weight excluding hydrogens is 484 g/mol.